The molecule has 288 valence electrons. The Balaban J connectivity index is 1.07. The highest BCUT2D eigenvalue weighted by Gasteiger charge is 2.32. The summed E-state index contributed by atoms with van der Waals surface area (Å²) in [5.41, 5.74) is 6.29. The van der Waals surface area contributed by atoms with Crippen molar-refractivity contribution < 1.29 is 32.9 Å². The van der Waals surface area contributed by atoms with Gasteiger partial charge < -0.3 is 37.9 Å². The molecule has 0 amide bonds. The van der Waals surface area contributed by atoms with Gasteiger partial charge in [0.15, 0.2) is 0 Å². The minimum atomic E-state index is -0.673. The summed E-state index contributed by atoms with van der Waals surface area (Å²) in [6, 6.07) is 47.9. The van der Waals surface area contributed by atoms with Crippen molar-refractivity contribution in [2.45, 2.75) is 0 Å². The maximum absolute atomic E-state index is 13.6. The molecule has 10 heteroatoms. The second-order valence-electron chi connectivity index (χ2n) is 13.2. The molecular formula is C48H38N2O8. The van der Waals surface area contributed by atoms with Crippen LogP contribution in [0.1, 0.15) is 21.5 Å². The predicted octanol–water partition coefficient (Wildman–Crippen LogP) is 10.9. The van der Waals surface area contributed by atoms with Crippen LogP contribution in [0.4, 0.5) is 34.1 Å². The first-order valence-corrected chi connectivity index (χ1v) is 18.3. The number of hydrogen-bond donors (Lipinski definition) is 0. The summed E-state index contributed by atoms with van der Waals surface area (Å²) in [7, 11) is 6.53. The second kappa shape index (κ2) is 16.2. The van der Waals surface area contributed by atoms with Crippen LogP contribution in [-0.4, -0.2) is 34.4 Å². The van der Waals surface area contributed by atoms with Gasteiger partial charge in [0.2, 0.25) is 0 Å². The van der Waals surface area contributed by atoms with E-state index in [0.29, 0.717) is 5.56 Å². The molecule has 2 heterocycles. The quantitative estimate of drug-likeness (QED) is 0.112. The highest BCUT2D eigenvalue weighted by atomic mass is 16.5. The van der Waals surface area contributed by atoms with E-state index in [1.165, 1.54) is 0 Å². The fraction of sp³-hybridized carbons (Fsp3) is 0.0833. The molecule has 58 heavy (non-hydrogen) atoms. The highest BCUT2D eigenvalue weighted by Crippen LogP contribution is 2.39. The van der Waals surface area contributed by atoms with Gasteiger partial charge in [-0.15, -0.1) is 0 Å². The molecule has 0 unspecified atom stereocenters. The number of esters is 1. The molecule has 0 radical (unpaired) electrons. The summed E-state index contributed by atoms with van der Waals surface area (Å²) in [5, 5.41) is 0. The SMILES string of the molecule is COc1ccc(N(c2ccc(/C=C3\OC(=O)c4cc(-c5ccc(N(c6ccc(OC)cc6)c6ccc(OC)cc6)cc5)oc(=O)c43)cc2)c2ccc(OC)cc2)cc1. The molecule has 0 aliphatic carbocycles. The molecule has 7 aromatic rings. The lowest BCUT2D eigenvalue weighted by Crippen LogP contribution is -2.10. The summed E-state index contributed by atoms with van der Waals surface area (Å²) in [6.45, 7) is 0. The number of hydrogen-bond acceptors (Lipinski definition) is 10. The third-order valence-corrected chi connectivity index (χ3v) is 9.80. The van der Waals surface area contributed by atoms with Crippen LogP contribution in [0.15, 0.2) is 161 Å². The molecule has 8 rings (SSSR count). The van der Waals surface area contributed by atoms with Gasteiger partial charge in [-0.3, -0.25) is 0 Å². The Morgan fingerprint density at radius 3 is 1.17 bits per heavy atom. The average molecular weight is 771 g/mol. The lowest BCUT2D eigenvalue weighted by molar-refractivity contribution is 0.0717. The molecular weight excluding hydrogens is 733 g/mol. The van der Waals surface area contributed by atoms with Gasteiger partial charge in [0.05, 0.1) is 34.0 Å². The normalized spacial score (nSPS) is 12.4. The van der Waals surface area contributed by atoms with Crippen LogP contribution < -0.4 is 34.4 Å². The van der Waals surface area contributed by atoms with Gasteiger partial charge in [0.25, 0.3) is 0 Å². The molecule has 0 fully saturated rings. The standard InChI is InChI=1S/C48H38N2O8/c1-53-39-21-13-35(14-22-39)49(36-15-23-40(54-2)24-16-36)33-9-5-31(6-10-33)29-45-46-43(47(51)58-45)30-44(57-48(46)52)32-7-11-34(12-8-32)50(37-17-25-41(55-3)26-18-37)38-19-27-42(56-4)28-20-38/h5-30H,1-4H3/b45-29-. The number of carbonyl (C=O) groups excluding carboxylic acids is 1. The Morgan fingerprint density at radius 2 is 0.810 bits per heavy atom. The Labute approximate surface area is 335 Å². The van der Waals surface area contributed by atoms with E-state index in [9.17, 15) is 9.59 Å². The minimum absolute atomic E-state index is 0.0812. The first-order valence-electron chi connectivity index (χ1n) is 18.3. The average Bonchev–Trinajstić information content (AvgIpc) is 3.60. The van der Waals surface area contributed by atoms with Crippen molar-refractivity contribution in [1.82, 2.24) is 0 Å². The van der Waals surface area contributed by atoms with Gasteiger partial charge >= 0.3 is 11.6 Å². The minimum Gasteiger partial charge on any atom is -0.497 e. The van der Waals surface area contributed by atoms with Gasteiger partial charge in [-0.25, -0.2) is 9.59 Å². The molecule has 0 spiro atoms. The zero-order chi connectivity index (χ0) is 40.2. The second-order valence-corrected chi connectivity index (χ2v) is 13.2. The number of carbonyl (C=O) groups is 1. The van der Waals surface area contributed by atoms with Crippen LogP contribution in [0.3, 0.4) is 0 Å². The van der Waals surface area contributed by atoms with E-state index in [2.05, 4.69) is 9.80 Å². The maximum Gasteiger partial charge on any atom is 0.348 e. The predicted molar refractivity (Wildman–Crippen MR) is 226 cm³/mol. The summed E-state index contributed by atoms with van der Waals surface area (Å²) in [6.07, 6.45) is 1.66. The molecule has 1 aliphatic rings. The Morgan fingerprint density at radius 1 is 0.466 bits per heavy atom. The number of rotatable bonds is 12. The van der Waals surface area contributed by atoms with Crippen molar-refractivity contribution in [3.8, 4) is 34.3 Å². The molecule has 6 aromatic carbocycles. The van der Waals surface area contributed by atoms with E-state index in [1.807, 2.05) is 146 Å². The zero-order valence-corrected chi connectivity index (χ0v) is 32.2. The van der Waals surface area contributed by atoms with Crippen molar-refractivity contribution in [2.75, 3.05) is 38.2 Å². The molecule has 1 aromatic heterocycles. The lowest BCUT2D eigenvalue weighted by Gasteiger charge is -2.26. The van der Waals surface area contributed by atoms with Crippen LogP contribution in [0.2, 0.25) is 0 Å². The van der Waals surface area contributed by atoms with Crippen LogP contribution in [-0.2, 0) is 4.74 Å². The fourth-order valence-corrected chi connectivity index (χ4v) is 6.80. The number of ether oxygens (including phenoxy) is 5. The summed E-state index contributed by atoms with van der Waals surface area (Å²) >= 11 is 0. The van der Waals surface area contributed by atoms with Crippen molar-refractivity contribution in [3.05, 3.63) is 179 Å². The lowest BCUT2D eigenvalue weighted by atomic mass is 10.0. The molecule has 0 atom stereocenters. The summed E-state index contributed by atoms with van der Waals surface area (Å²) < 4.78 is 33.0. The molecule has 0 N–H and O–H groups in total. The summed E-state index contributed by atoms with van der Waals surface area (Å²) in [4.78, 5) is 30.9. The Bertz CT molecular complexity index is 2540. The number of fused-ring (bicyclic) bond motifs is 1. The highest BCUT2D eigenvalue weighted by molar-refractivity contribution is 6.06. The van der Waals surface area contributed by atoms with Crippen LogP contribution in [0.25, 0.3) is 23.2 Å². The first kappa shape index (κ1) is 37.2. The van der Waals surface area contributed by atoms with E-state index >= 15 is 0 Å². The van der Waals surface area contributed by atoms with Crippen molar-refractivity contribution in [2.24, 2.45) is 0 Å². The third-order valence-electron chi connectivity index (χ3n) is 9.80. The van der Waals surface area contributed by atoms with Gasteiger partial charge in [0.1, 0.15) is 40.1 Å². The zero-order valence-electron chi connectivity index (χ0n) is 32.2. The van der Waals surface area contributed by atoms with Gasteiger partial charge in [-0.1, -0.05) is 12.1 Å². The van der Waals surface area contributed by atoms with Crippen molar-refractivity contribution in [1.29, 1.82) is 0 Å². The van der Waals surface area contributed by atoms with E-state index in [4.69, 9.17) is 28.1 Å². The van der Waals surface area contributed by atoms with E-state index < -0.39 is 11.6 Å². The van der Waals surface area contributed by atoms with Crippen LogP contribution in [0, 0.1) is 0 Å². The third kappa shape index (κ3) is 7.46. The van der Waals surface area contributed by atoms with Gasteiger partial charge in [-0.2, -0.15) is 0 Å². The van der Waals surface area contributed by atoms with Crippen molar-refractivity contribution >= 4 is 51.9 Å². The molecule has 0 saturated heterocycles. The molecule has 0 bridgehead atoms. The smallest absolute Gasteiger partial charge is 0.348 e. The first-order chi connectivity index (χ1) is 28.3. The molecule has 10 nitrogen and oxygen atoms in total. The van der Waals surface area contributed by atoms with Crippen molar-refractivity contribution in [3.63, 3.8) is 0 Å². The molecule has 1 aliphatic heterocycles. The monoisotopic (exact) mass is 770 g/mol. The molecule has 0 saturated carbocycles. The van der Waals surface area contributed by atoms with E-state index in [1.54, 1.807) is 40.6 Å². The van der Waals surface area contributed by atoms with Crippen LogP contribution in [0.5, 0.6) is 23.0 Å². The largest absolute Gasteiger partial charge is 0.497 e. The van der Waals surface area contributed by atoms with Crippen LogP contribution >= 0.6 is 0 Å². The topological polar surface area (TPSA) is 99.9 Å². The Hall–Kier alpha value is -7.72. The number of benzene rings is 6. The number of methoxy groups -OCH3 is 4. The maximum atomic E-state index is 13.6. The number of cyclic esters (lactones) is 1. The van der Waals surface area contributed by atoms with E-state index in [-0.39, 0.29) is 22.6 Å². The van der Waals surface area contributed by atoms with Gasteiger partial charge in [0, 0.05) is 39.7 Å². The Kier molecular flexibility index (Phi) is 10.4. The van der Waals surface area contributed by atoms with Gasteiger partial charge in [-0.05, 0) is 151 Å². The summed E-state index contributed by atoms with van der Waals surface area (Å²) in [5.74, 6) is 2.73. The number of nitrogens with zero attached hydrogens (tertiary/aromatic N) is 2. The number of anilines is 6. The van der Waals surface area contributed by atoms with E-state index in [0.717, 1.165) is 62.7 Å². The fourth-order valence-electron chi connectivity index (χ4n) is 6.80.